The Morgan fingerprint density at radius 2 is 1.86 bits per heavy atom. The summed E-state index contributed by atoms with van der Waals surface area (Å²) in [5.74, 6) is -0.781. The van der Waals surface area contributed by atoms with Gasteiger partial charge in [-0.15, -0.1) is 0 Å². The fraction of sp³-hybridized carbons (Fsp3) is 0.105. The number of benzene rings is 2. The quantitative estimate of drug-likeness (QED) is 0.493. The Morgan fingerprint density at radius 1 is 1.21 bits per heavy atom. The van der Waals surface area contributed by atoms with Gasteiger partial charge >= 0.3 is 6.18 Å². The zero-order valence-electron chi connectivity index (χ0n) is 14.7. The molecule has 29 heavy (non-hydrogen) atoms. The summed E-state index contributed by atoms with van der Waals surface area (Å²) >= 11 is 11.8. The van der Waals surface area contributed by atoms with Gasteiger partial charge in [-0.2, -0.15) is 13.2 Å². The molecule has 1 heterocycles. The number of thioether (sulfide) groups is 1. The molecule has 1 aliphatic rings. The molecule has 0 unspecified atom stereocenters. The summed E-state index contributed by atoms with van der Waals surface area (Å²) in [5.41, 5.74) is -0.127. The lowest BCUT2D eigenvalue weighted by Crippen LogP contribution is -2.22. The van der Waals surface area contributed by atoms with E-state index in [9.17, 15) is 22.8 Å². The fourth-order valence-corrected chi connectivity index (χ4v) is 3.86. The van der Waals surface area contributed by atoms with Gasteiger partial charge in [-0.1, -0.05) is 47.7 Å². The molecular weight excluding hydrogens is 445 g/mol. The van der Waals surface area contributed by atoms with Crippen molar-refractivity contribution in [2.45, 2.75) is 6.18 Å². The van der Waals surface area contributed by atoms with E-state index in [2.05, 4.69) is 5.32 Å². The van der Waals surface area contributed by atoms with Crippen molar-refractivity contribution in [2.75, 3.05) is 12.4 Å². The number of amides is 2. The van der Waals surface area contributed by atoms with Crippen LogP contribution in [0.5, 0.6) is 0 Å². The van der Waals surface area contributed by atoms with Crippen LogP contribution < -0.4 is 5.32 Å². The Labute approximate surface area is 178 Å². The monoisotopic (exact) mass is 456 g/mol. The summed E-state index contributed by atoms with van der Waals surface area (Å²) in [4.78, 5) is 26.2. The van der Waals surface area contributed by atoms with Gasteiger partial charge in [0.2, 0.25) is 0 Å². The normalized spacial score (nSPS) is 15.9. The van der Waals surface area contributed by atoms with Gasteiger partial charge in [0.1, 0.15) is 4.32 Å². The van der Waals surface area contributed by atoms with Crippen molar-refractivity contribution in [1.29, 1.82) is 0 Å². The molecule has 0 radical (unpaired) electrons. The van der Waals surface area contributed by atoms with Crippen molar-refractivity contribution in [3.63, 3.8) is 0 Å². The van der Waals surface area contributed by atoms with Crippen LogP contribution in [0.2, 0.25) is 5.02 Å². The van der Waals surface area contributed by atoms with Gasteiger partial charge in [0.25, 0.3) is 11.8 Å². The number of hydrogen-bond donors (Lipinski definition) is 1. The van der Waals surface area contributed by atoms with Crippen LogP contribution in [0.3, 0.4) is 0 Å². The van der Waals surface area contributed by atoms with Gasteiger partial charge in [0.15, 0.2) is 0 Å². The van der Waals surface area contributed by atoms with E-state index in [1.54, 1.807) is 25.3 Å². The van der Waals surface area contributed by atoms with E-state index in [0.29, 0.717) is 14.8 Å². The number of nitrogens with zero attached hydrogens (tertiary/aromatic N) is 1. The van der Waals surface area contributed by atoms with Crippen molar-refractivity contribution in [1.82, 2.24) is 4.90 Å². The minimum atomic E-state index is -4.63. The van der Waals surface area contributed by atoms with Crippen molar-refractivity contribution < 1.29 is 22.8 Å². The molecule has 4 nitrogen and oxygen atoms in total. The van der Waals surface area contributed by atoms with Crippen LogP contribution >= 0.6 is 35.6 Å². The molecule has 0 aliphatic carbocycles. The predicted octanol–water partition coefficient (Wildman–Crippen LogP) is 5.44. The lowest BCUT2D eigenvalue weighted by atomic mass is 10.1. The molecule has 0 spiro atoms. The molecule has 0 bridgehead atoms. The minimum Gasteiger partial charge on any atom is -0.322 e. The molecule has 2 amide bonds. The van der Waals surface area contributed by atoms with E-state index in [1.165, 1.54) is 34.9 Å². The van der Waals surface area contributed by atoms with Gasteiger partial charge in [0, 0.05) is 18.3 Å². The molecule has 0 atom stereocenters. The molecule has 10 heteroatoms. The van der Waals surface area contributed by atoms with Crippen molar-refractivity contribution >= 4 is 63.5 Å². The zero-order chi connectivity index (χ0) is 21.3. The largest absolute Gasteiger partial charge is 0.417 e. The molecule has 1 saturated heterocycles. The third kappa shape index (κ3) is 4.80. The van der Waals surface area contributed by atoms with Crippen LogP contribution in [0.25, 0.3) is 6.08 Å². The number of halogens is 4. The second kappa shape index (κ2) is 8.17. The standard InChI is InChI=1S/C19H12ClF3N2O2S2/c1-25-17(27)15(29-18(25)28)8-10-2-4-11(5-3-10)16(26)24-12-6-7-14(20)13(9-12)19(21,22)23/h2-9H,1H3,(H,24,26)/b15-8-. The van der Waals surface area contributed by atoms with Crippen molar-refractivity contribution in [3.05, 3.63) is 69.1 Å². The van der Waals surface area contributed by atoms with E-state index in [0.717, 1.165) is 12.1 Å². The Balaban J connectivity index is 1.75. The Kier molecular flexibility index (Phi) is 6.02. The molecular formula is C19H12ClF3N2O2S2. The number of rotatable bonds is 3. The average Bonchev–Trinajstić information content (AvgIpc) is 2.89. The maximum atomic E-state index is 12.9. The van der Waals surface area contributed by atoms with Crippen LogP contribution in [-0.2, 0) is 11.0 Å². The SMILES string of the molecule is CN1C(=O)/C(=C/c2ccc(C(=O)Nc3ccc(Cl)c(C(F)(F)F)c3)cc2)SC1=S. The average molecular weight is 457 g/mol. The number of alkyl halides is 3. The minimum absolute atomic E-state index is 0.0255. The maximum absolute atomic E-state index is 12.9. The summed E-state index contributed by atoms with van der Waals surface area (Å²) in [7, 11) is 1.59. The summed E-state index contributed by atoms with van der Waals surface area (Å²) in [6, 6.07) is 9.41. The first-order chi connectivity index (χ1) is 13.6. The van der Waals surface area contributed by atoms with E-state index < -0.39 is 22.7 Å². The lowest BCUT2D eigenvalue weighted by Gasteiger charge is -2.12. The molecule has 2 aromatic rings. The summed E-state index contributed by atoms with van der Waals surface area (Å²) in [6.07, 6.45) is -2.97. The highest BCUT2D eigenvalue weighted by Gasteiger charge is 2.33. The van der Waals surface area contributed by atoms with E-state index >= 15 is 0 Å². The van der Waals surface area contributed by atoms with Gasteiger partial charge in [-0.3, -0.25) is 14.5 Å². The van der Waals surface area contributed by atoms with Gasteiger partial charge in [0.05, 0.1) is 15.5 Å². The Bertz CT molecular complexity index is 1040. The number of carbonyl (C=O) groups is 2. The van der Waals surface area contributed by atoms with E-state index in [4.69, 9.17) is 23.8 Å². The van der Waals surface area contributed by atoms with Gasteiger partial charge in [-0.05, 0) is 42.0 Å². The molecule has 3 rings (SSSR count). The first-order valence-corrected chi connectivity index (χ1v) is 9.66. The molecule has 1 aliphatic heterocycles. The lowest BCUT2D eigenvalue weighted by molar-refractivity contribution is -0.137. The number of hydrogen-bond acceptors (Lipinski definition) is 4. The van der Waals surface area contributed by atoms with Crippen molar-refractivity contribution in [3.8, 4) is 0 Å². The Hall–Kier alpha value is -2.36. The van der Waals surface area contributed by atoms with Crippen LogP contribution in [0.15, 0.2) is 47.4 Å². The molecule has 1 fully saturated rings. The van der Waals surface area contributed by atoms with Gasteiger partial charge in [-0.25, -0.2) is 0 Å². The van der Waals surface area contributed by atoms with Crippen LogP contribution in [0.4, 0.5) is 18.9 Å². The highest BCUT2D eigenvalue weighted by molar-refractivity contribution is 8.26. The molecule has 0 aromatic heterocycles. The first-order valence-electron chi connectivity index (χ1n) is 8.06. The van der Waals surface area contributed by atoms with E-state index in [1.807, 2.05) is 0 Å². The smallest absolute Gasteiger partial charge is 0.322 e. The predicted molar refractivity (Wildman–Crippen MR) is 112 cm³/mol. The number of anilines is 1. The number of nitrogens with one attached hydrogen (secondary N) is 1. The topological polar surface area (TPSA) is 49.4 Å². The second-order valence-corrected chi connectivity index (χ2v) is 8.09. The zero-order valence-corrected chi connectivity index (χ0v) is 17.1. The highest BCUT2D eigenvalue weighted by atomic mass is 35.5. The van der Waals surface area contributed by atoms with E-state index in [-0.39, 0.29) is 17.2 Å². The molecule has 2 aromatic carbocycles. The Morgan fingerprint density at radius 3 is 2.41 bits per heavy atom. The maximum Gasteiger partial charge on any atom is 0.417 e. The third-order valence-corrected chi connectivity index (χ3v) is 5.80. The first kappa shape index (κ1) is 21.4. The molecule has 1 N–H and O–H groups in total. The second-order valence-electron chi connectivity index (χ2n) is 6.01. The summed E-state index contributed by atoms with van der Waals surface area (Å²) in [6.45, 7) is 0. The van der Waals surface area contributed by atoms with Crippen LogP contribution in [0.1, 0.15) is 21.5 Å². The third-order valence-electron chi connectivity index (χ3n) is 3.99. The summed E-state index contributed by atoms with van der Waals surface area (Å²) < 4.78 is 39.3. The summed E-state index contributed by atoms with van der Waals surface area (Å²) in [5, 5.41) is 1.97. The van der Waals surface area contributed by atoms with Crippen LogP contribution in [-0.4, -0.2) is 28.1 Å². The fourth-order valence-electron chi connectivity index (χ4n) is 2.45. The van der Waals surface area contributed by atoms with Crippen molar-refractivity contribution in [2.24, 2.45) is 0 Å². The number of carbonyl (C=O) groups excluding carboxylic acids is 2. The molecule has 0 saturated carbocycles. The number of thiocarbonyl (C=S) groups is 1. The highest BCUT2D eigenvalue weighted by Crippen LogP contribution is 2.36. The van der Waals surface area contributed by atoms with Gasteiger partial charge < -0.3 is 5.32 Å². The van der Waals surface area contributed by atoms with Crippen LogP contribution in [0, 0.1) is 0 Å². The molecule has 150 valence electrons. The number of likely N-dealkylation sites (N-methyl/N-ethyl adjacent to an activating group) is 1.